The molecule has 0 spiro atoms. The quantitative estimate of drug-likeness (QED) is 0.757. The number of hydrogen-bond acceptors (Lipinski definition) is 4. The van der Waals surface area contributed by atoms with Gasteiger partial charge in [-0.15, -0.1) is 0 Å². The van der Waals surface area contributed by atoms with E-state index in [1.54, 1.807) is 24.8 Å². The highest BCUT2D eigenvalue weighted by Gasteiger charge is 2.07. The molecule has 3 aromatic heterocycles. The maximum atomic E-state index is 5.99. The number of nitrogens with two attached hydrogens (primary N) is 1. The van der Waals surface area contributed by atoms with Crippen molar-refractivity contribution in [2.45, 2.75) is 0 Å². The second-order valence-electron chi connectivity index (χ2n) is 4.12. The Morgan fingerprint density at radius 1 is 0.789 bits per heavy atom. The molecule has 0 aromatic carbocycles. The summed E-state index contributed by atoms with van der Waals surface area (Å²) in [7, 11) is 0. The van der Waals surface area contributed by atoms with E-state index >= 15 is 0 Å². The van der Waals surface area contributed by atoms with Gasteiger partial charge in [0.1, 0.15) is 0 Å². The SMILES string of the molecule is Nc1ccc(-c2cccnc2)nc1-c1cccnc1. The van der Waals surface area contributed by atoms with E-state index in [0.29, 0.717) is 5.69 Å². The molecule has 0 aliphatic carbocycles. The summed E-state index contributed by atoms with van der Waals surface area (Å²) in [6.07, 6.45) is 7.00. The summed E-state index contributed by atoms with van der Waals surface area (Å²) in [4.78, 5) is 12.8. The van der Waals surface area contributed by atoms with Crippen molar-refractivity contribution in [3.8, 4) is 22.5 Å². The molecule has 0 unspecified atom stereocenters. The van der Waals surface area contributed by atoms with Gasteiger partial charge >= 0.3 is 0 Å². The molecule has 4 heteroatoms. The van der Waals surface area contributed by atoms with E-state index in [9.17, 15) is 0 Å². The van der Waals surface area contributed by atoms with Crippen LogP contribution in [0.1, 0.15) is 0 Å². The third-order valence-corrected chi connectivity index (χ3v) is 2.82. The fourth-order valence-electron chi connectivity index (χ4n) is 1.88. The summed E-state index contributed by atoms with van der Waals surface area (Å²) in [6, 6.07) is 11.4. The van der Waals surface area contributed by atoms with Crippen LogP contribution >= 0.6 is 0 Å². The molecule has 3 rings (SSSR count). The summed E-state index contributed by atoms with van der Waals surface area (Å²) in [6.45, 7) is 0. The Balaban J connectivity index is 2.12. The van der Waals surface area contributed by atoms with Crippen molar-refractivity contribution in [1.29, 1.82) is 0 Å². The summed E-state index contributed by atoms with van der Waals surface area (Å²) in [5.41, 5.74) is 10.1. The van der Waals surface area contributed by atoms with Gasteiger partial charge in [-0.3, -0.25) is 9.97 Å². The largest absolute Gasteiger partial charge is 0.397 e. The third kappa shape index (κ3) is 2.28. The van der Waals surface area contributed by atoms with E-state index in [1.165, 1.54) is 0 Å². The van der Waals surface area contributed by atoms with Gasteiger partial charge in [-0.2, -0.15) is 0 Å². The van der Waals surface area contributed by atoms with Crippen LogP contribution < -0.4 is 5.73 Å². The standard InChI is InChI=1S/C15H12N4/c16-13-5-6-14(11-3-1-7-17-9-11)19-15(13)12-4-2-8-18-10-12/h1-10H,16H2. The summed E-state index contributed by atoms with van der Waals surface area (Å²) < 4.78 is 0. The third-order valence-electron chi connectivity index (χ3n) is 2.82. The van der Waals surface area contributed by atoms with Crippen molar-refractivity contribution in [2.24, 2.45) is 0 Å². The molecular weight excluding hydrogens is 236 g/mol. The number of rotatable bonds is 2. The minimum Gasteiger partial charge on any atom is -0.397 e. The molecule has 3 aromatic rings. The van der Waals surface area contributed by atoms with Gasteiger partial charge in [-0.1, -0.05) is 0 Å². The van der Waals surface area contributed by atoms with E-state index < -0.39 is 0 Å². The normalized spacial score (nSPS) is 10.3. The molecule has 4 nitrogen and oxygen atoms in total. The Kier molecular flexibility index (Phi) is 2.90. The first-order chi connectivity index (χ1) is 9.34. The van der Waals surface area contributed by atoms with Crippen LogP contribution in [0, 0.1) is 0 Å². The minimum atomic E-state index is 0.639. The lowest BCUT2D eigenvalue weighted by Crippen LogP contribution is -1.95. The molecule has 0 amide bonds. The smallest absolute Gasteiger partial charge is 0.0954 e. The first-order valence-corrected chi connectivity index (χ1v) is 5.92. The molecule has 0 aliphatic heterocycles. The lowest BCUT2D eigenvalue weighted by molar-refractivity contribution is 1.26. The fraction of sp³-hybridized carbons (Fsp3) is 0. The Bertz CT molecular complexity index is 681. The zero-order valence-corrected chi connectivity index (χ0v) is 10.2. The Labute approximate surface area is 111 Å². The highest BCUT2D eigenvalue weighted by molar-refractivity contribution is 5.75. The van der Waals surface area contributed by atoms with Gasteiger partial charge in [0.25, 0.3) is 0 Å². The van der Waals surface area contributed by atoms with Crippen LogP contribution in [-0.4, -0.2) is 15.0 Å². The minimum absolute atomic E-state index is 0.639. The zero-order chi connectivity index (χ0) is 13.1. The average molecular weight is 248 g/mol. The van der Waals surface area contributed by atoms with Crippen LogP contribution in [0.25, 0.3) is 22.5 Å². The van der Waals surface area contributed by atoms with Gasteiger partial charge in [-0.05, 0) is 36.4 Å². The van der Waals surface area contributed by atoms with Gasteiger partial charge in [0.2, 0.25) is 0 Å². The van der Waals surface area contributed by atoms with Gasteiger partial charge in [0, 0.05) is 35.9 Å². The molecule has 0 aliphatic rings. The fourth-order valence-corrected chi connectivity index (χ4v) is 1.88. The van der Waals surface area contributed by atoms with Crippen molar-refractivity contribution >= 4 is 5.69 Å². The van der Waals surface area contributed by atoms with Crippen LogP contribution in [0.5, 0.6) is 0 Å². The molecule has 0 bridgehead atoms. The number of anilines is 1. The summed E-state index contributed by atoms with van der Waals surface area (Å²) >= 11 is 0. The van der Waals surface area contributed by atoms with E-state index in [2.05, 4.69) is 15.0 Å². The molecule has 3 heterocycles. The second-order valence-corrected chi connectivity index (χ2v) is 4.12. The first kappa shape index (κ1) is 11.3. The molecule has 0 atom stereocenters. The van der Waals surface area contributed by atoms with Crippen LogP contribution in [0.3, 0.4) is 0 Å². The van der Waals surface area contributed by atoms with Gasteiger partial charge in [-0.25, -0.2) is 4.98 Å². The summed E-state index contributed by atoms with van der Waals surface area (Å²) in [5.74, 6) is 0. The summed E-state index contributed by atoms with van der Waals surface area (Å²) in [5, 5.41) is 0. The topological polar surface area (TPSA) is 64.7 Å². The van der Waals surface area contributed by atoms with Crippen LogP contribution in [0.2, 0.25) is 0 Å². The molecule has 0 saturated heterocycles. The maximum Gasteiger partial charge on any atom is 0.0954 e. The predicted octanol–water partition coefficient (Wildman–Crippen LogP) is 2.79. The van der Waals surface area contributed by atoms with Crippen molar-refractivity contribution in [3.63, 3.8) is 0 Å². The van der Waals surface area contributed by atoms with Gasteiger partial charge < -0.3 is 5.73 Å². The number of aromatic nitrogens is 3. The van der Waals surface area contributed by atoms with Crippen molar-refractivity contribution in [2.75, 3.05) is 5.73 Å². The van der Waals surface area contributed by atoms with Crippen molar-refractivity contribution < 1.29 is 0 Å². The number of nitrogen functional groups attached to an aromatic ring is 1. The predicted molar refractivity (Wildman–Crippen MR) is 75.1 cm³/mol. The Hall–Kier alpha value is -2.75. The van der Waals surface area contributed by atoms with E-state index in [0.717, 1.165) is 22.5 Å². The van der Waals surface area contributed by atoms with Crippen molar-refractivity contribution in [3.05, 3.63) is 61.2 Å². The maximum absolute atomic E-state index is 5.99. The van der Waals surface area contributed by atoms with Gasteiger partial charge in [0.05, 0.1) is 17.1 Å². The molecule has 0 fully saturated rings. The lowest BCUT2D eigenvalue weighted by atomic mass is 10.1. The van der Waals surface area contributed by atoms with E-state index in [1.807, 2.05) is 36.4 Å². The van der Waals surface area contributed by atoms with Crippen molar-refractivity contribution in [1.82, 2.24) is 15.0 Å². The monoisotopic (exact) mass is 248 g/mol. The Morgan fingerprint density at radius 3 is 2.11 bits per heavy atom. The van der Waals surface area contributed by atoms with Gasteiger partial charge in [0.15, 0.2) is 0 Å². The average Bonchev–Trinajstić information content (AvgIpc) is 2.49. The molecular formula is C15H12N4. The highest BCUT2D eigenvalue weighted by Crippen LogP contribution is 2.26. The highest BCUT2D eigenvalue weighted by atomic mass is 14.8. The van der Waals surface area contributed by atoms with E-state index in [-0.39, 0.29) is 0 Å². The molecule has 0 radical (unpaired) electrons. The van der Waals surface area contributed by atoms with Crippen LogP contribution in [-0.2, 0) is 0 Å². The zero-order valence-electron chi connectivity index (χ0n) is 10.2. The van der Waals surface area contributed by atoms with Crippen LogP contribution in [0.15, 0.2) is 61.2 Å². The lowest BCUT2D eigenvalue weighted by Gasteiger charge is -2.07. The molecule has 0 saturated carbocycles. The first-order valence-electron chi connectivity index (χ1n) is 5.92. The van der Waals surface area contributed by atoms with E-state index in [4.69, 9.17) is 5.73 Å². The molecule has 2 N–H and O–H groups in total. The number of hydrogen-bond donors (Lipinski definition) is 1. The number of nitrogens with zero attached hydrogens (tertiary/aromatic N) is 3. The molecule has 19 heavy (non-hydrogen) atoms. The Morgan fingerprint density at radius 2 is 1.47 bits per heavy atom. The second kappa shape index (κ2) is 4.86. The van der Waals surface area contributed by atoms with Crippen LogP contribution in [0.4, 0.5) is 5.69 Å². The molecule has 92 valence electrons. The number of pyridine rings is 3.